The fraction of sp³-hybridized carbons (Fsp3) is 0.714. The Morgan fingerprint density at radius 2 is 1.33 bits per heavy atom. The van der Waals surface area contributed by atoms with Crippen LogP contribution in [0.1, 0.15) is 64.5 Å². The molecule has 0 saturated heterocycles. The molecule has 3 nitrogen and oxygen atoms in total. The van der Waals surface area contributed by atoms with Crippen molar-refractivity contribution in [1.82, 2.24) is 0 Å². The van der Waals surface area contributed by atoms with Crippen molar-refractivity contribution in [3.05, 3.63) is 35.4 Å². The maximum atomic E-state index is 12.6. The number of hydrogen-bond donors (Lipinski definition) is 0. The van der Waals surface area contributed by atoms with Gasteiger partial charge in [-0.25, -0.2) is 0 Å². The summed E-state index contributed by atoms with van der Waals surface area (Å²) in [5.41, 5.74) is 0.336. The van der Waals surface area contributed by atoms with Gasteiger partial charge in [-0.2, -0.15) is 13.2 Å². The Kier molecular flexibility index (Phi) is 10.3. The van der Waals surface area contributed by atoms with Crippen LogP contribution in [0.5, 0.6) is 0 Å². The van der Waals surface area contributed by atoms with Gasteiger partial charge in [0.25, 0.3) is 5.97 Å². The zero-order chi connectivity index (χ0) is 20.3. The van der Waals surface area contributed by atoms with Gasteiger partial charge in [-0.1, -0.05) is 31.9 Å². The lowest BCUT2D eigenvalue weighted by Crippen LogP contribution is -2.45. The van der Waals surface area contributed by atoms with Crippen LogP contribution in [-0.2, 0) is 26.8 Å². The van der Waals surface area contributed by atoms with Crippen molar-refractivity contribution in [2.75, 3.05) is 19.8 Å². The number of ether oxygens (including phenoxy) is 3. The van der Waals surface area contributed by atoms with Crippen LogP contribution in [-0.4, -0.2) is 25.8 Å². The molecule has 1 rings (SSSR count). The van der Waals surface area contributed by atoms with Gasteiger partial charge in [0.1, 0.15) is 0 Å². The van der Waals surface area contributed by atoms with E-state index in [0.29, 0.717) is 19.8 Å². The molecule has 0 aliphatic carbocycles. The van der Waals surface area contributed by atoms with Crippen molar-refractivity contribution in [1.29, 1.82) is 0 Å². The highest BCUT2D eigenvalue weighted by Crippen LogP contribution is 2.31. The number of aryl methyl sites for hydroxylation is 1. The predicted octanol–water partition coefficient (Wildman–Crippen LogP) is 6.21. The molecule has 0 heterocycles. The molecule has 0 aromatic heterocycles. The highest BCUT2D eigenvalue weighted by Gasteiger charge is 2.38. The van der Waals surface area contributed by atoms with E-state index >= 15 is 0 Å². The number of rotatable bonds is 13. The van der Waals surface area contributed by atoms with E-state index in [-0.39, 0.29) is 5.92 Å². The van der Waals surface area contributed by atoms with E-state index in [0.717, 1.165) is 49.8 Å². The summed E-state index contributed by atoms with van der Waals surface area (Å²) in [6.07, 6.45) is 0.307. The number of halogens is 3. The number of unbranched alkanes of at least 4 members (excludes halogenated alkanes) is 2. The molecule has 0 aliphatic heterocycles. The Labute approximate surface area is 161 Å². The largest absolute Gasteiger partial charge is 0.416 e. The molecule has 1 unspecified atom stereocenters. The smallest absolute Gasteiger partial charge is 0.328 e. The Bertz CT molecular complexity index is 497. The second kappa shape index (κ2) is 11.7. The van der Waals surface area contributed by atoms with Crippen LogP contribution in [0.25, 0.3) is 0 Å². The van der Waals surface area contributed by atoms with Crippen molar-refractivity contribution in [3.8, 4) is 0 Å². The molecule has 0 saturated carbocycles. The first-order valence-electron chi connectivity index (χ1n) is 9.87. The zero-order valence-corrected chi connectivity index (χ0v) is 16.9. The molecule has 156 valence electrons. The lowest BCUT2D eigenvalue weighted by Gasteiger charge is -2.37. The quantitative estimate of drug-likeness (QED) is 0.296. The summed E-state index contributed by atoms with van der Waals surface area (Å²) in [5, 5.41) is 0. The van der Waals surface area contributed by atoms with Gasteiger partial charge in [0.15, 0.2) is 0 Å². The van der Waals surface area contributed by atoms with Crippen LogP contribution in [0, 0.1) is 5.92 Å². The third kappa shape index (κ3) is 7.80. The Balaban J connectivity index is 2.43. The first kappa shape index (κ1) is 23.9. The summed E-state index contributed by atoms with van der Waals surface area (Å²) in [6.45, 7) is 9.36. The van der Waals surface area contributed by atoms with Crippen LogP contribution in [0.2, 0.25) is 0 Å². The molecule has 0 bridgehead atoms. The lowest BCUT2D eigenvalue weighted by molar-refractivity contribution is -0.400. The van der Waals surface area contributed by atoms with Crippen LogP contribution in [0.15, 0.2) is 24.3 Å². The van der Waals surface area contributed by atoms with Crippen molar-refractivity contribution in [3.63, 3.8) is 0 Å². The second-order valence-electron chi connectivity index (χ2n) is 6.60. The summed E-state index contributed by atoms with van der Waals surface area (Å²) in [4.78, 5) is 0. The van der Waals surface area contributed by atoms with Crippen LogP contribution >= 0.6 is 0 Å². The topological polar surface area (TPSA) is 27.7 Å². The molecule has 0 spiro atoms. The minimum Gasteiger partial charge on any atom is -0.328 e. The molecular weight excluding hydrogens is 357 g/mol. The summed E-state index contributed by atoms with van der Waals surface area (Å²) >= 11 is 0. The number of alkyl halides is 3. The highest BCUT2D eigenvalue weighted by atomic mass is 19.4. The van der Waals surface area contributed by atoms with Gasteiger partial charge < -0.3 is 14.2 Å². The van der Waals surface area contributed by atoms with Crippen LogP contribution in [0.3, 0.4) is 0 Å². The summed E-state index contributed by atoms with van der Waals surface area (Å²) in [7, 11) is 0. The molecule has 0 aliphatic rings. The molecule has 1 aromatic carbocycles. The van der Waals surface area contributed by atoms with E-state index in [1.54, 1.807) is 12.1 Å². The molecule has 27 heavy (non-hydrogen) atoms. The maximum absolute atomic E-state index is 12.6. The van der Waals surface area contributed by atoms with Gasteiger partial charge in [0, 0.05) is 25.7 Å². The van der Waals surface area contributed by atoms with E-state index in [4.69, 9.17) is 14.2 Å². The van der Waals surface area contributed by atoms with Gasteiger partial charge in [-0.05, 0) is 57.7 Å². The number of hydrogen-bond acceptors (Lipinski definition) is 3. The van der Waals surface area contributed by atoms with Gasteiger partial charge in [-0.3, -0.25) is 0 Å². The van der Waals surface area contributed by atoms with E-state index in [2.05, 4.69) is 6.92 Å². The third-order valence-corrected chi connectivity index (χ3v) is 4.52. The van der Waals surface area contributed by atoms with Crippen molar-refractivity contribution < 1.29 is 27.4 Å². The van der Waals surface area contributed by atoms with E-state index in [1.165, 1.54) is 0 Å². The molecule has 0 fully saturated rings. The molecular formula is C21H33F3O3. The molecule has 0 radical (unpaired) electrons. The summed E-state index contributed by atoms with van der Waals surface area (Å²) < 4.78 is 55.1. The summed E-state index contributed by atoms with van der Waals surface area (Å²) in [6, 6.07) is 5.43. The second-order valence-corrected chi connectivity index (χ2v) is 6.60. The van der Waals surface area contributed by atoms with Gasteiger partial charge in [0.2, 0.25) is 0 Å². The Hall–Kier alpha value is -1.11. The SMILES string of the molecule is CCOC(OCC)(OCC)C(C)CCCCCc1ccc(C(F)(F)F)cc1. The first-order chi connectivity index (χ1) is 12.8. The minimum absolute atomic E-state index is 0.0865. The highest BCUT2D eigenvalue weighted by molar-refractivity contribution is 5.24. The molecule has 0 N–H and O–H groups in total. The monoisotopic (exact) mass is 390 g/mol. The lowest BCUT2D eigenvalue weighted by atomic mass is 9.98. The minimum atomic E-state index is -4.27. The van der Waals surface area contributed by atoms with Gasteiger partial charge in [0.05, 0.1) is 5.56 Å². The first-order valence-corrected chi connectivity index (χ1v) is 9.87. The molecule has 1 atom stereocenters. The Morgan fingerprint density at radius 3 is 1.78 bits per heavy atom. The molecule has 0 amide bonds. The van der Waals surface area contributed by atoms with E-state index in [1.807, 2.05) is 20.8 Å². The standard InChI is InChI=1S/C21H33F3O3/c1-5-25-21(26-6-2,27-7-3)17(4)11-9-8-10-12-18-13-15-19(16-14-18)20(22,23)24/h13-17H,5-12H2,1-4H3. The van der Waals surface area contributed by atoms with Crippen molar-refractivity contribution in [2.24, 2.45) is 5.92 Å². The average Bonchev–Trinajstić information content (AvgIpc) is 2.61. The fourth-order valence-electron chi connectivity index (χ4n) is 3.15. The third-order valence-electron chi connectivity index (χ3n) is 4.52. The van der Waals surface area contributed by atoms with Crippen molar-refractivity contribution in [2.45, 2.75) is 71.9 Å². The summed E-state index contributed by atoms with van der Waals surface area (Å²) in [5.74, 6) is -0.908. The van der Waals surface area contributed by atoms with Crippen LogP contribution in [0.4, 0.5) is 13.2 Å². The van der Waals surface area contributed by atoms with Crippen molar-refractivity contribution >= 4 is 0 Å². The van der Waals surface area contributed by atoms with E-state index in [9.17, 15) is 13.2 Å². The number of benzene rings is 1. The van der Waals surface area contributed by atoms with Gasteiger partial charge >= 0.3 is 6.18 Å². The normalized spacial score (nSPS) is 13.7. The van der Waals surface area contributed by atoms with E-state index < -0.39 is 17.7 Å². The zero-order valence-electron chi connectivity index (χ0n) is 16.9. The molecule has 6 heteroatoms. The average molecular weight is 390 g/mol. The molecule has 1 aromatic rings. The van der Waals surface area contributed by atoms with Gasteiger partial charge in [-0.15, -0.1) is 0 Å². The maximum Gasteiger partial charge on any atom is 0.416 e. The Morgan fingerprint density at radius 1 is 0.815 bits per heavy atom. The fourth-order valence-corrected chi connectivity index (χ4v) is 3.15. The van der Waals surface area contributed by atoms with Crippen LogP contribution < -0.4 is 0 Å². The predicted molar refractivity (Wildman–Crippen MR) is 100 cm³/mol.